The maximum atomic E-state index is 13.2. The first-order valence-electron chi connectivity index (χ1n) is 12.8. The number of aliphatic hydroxyl groups is 1. The standard InChI is InChI=1S/C20H26FNO.C9H6F6O/c1-14-16(13-22(2)18-10-11-19(23)12-18)4-3-5-20(14)15-6-8-17(21)9-7-15;10-8(11,12)6-1-5(4-16)2-7(3-6)9(13,14)15/h6-9,12,14,16,20H,3-5,10-11,13H2,1-2H3;1-3,16H,4H2/t14?,16?,20-;/m1./s1. The van der Waals surface area contributed by atoms with Crippen molar-refractivity contribution in [2.24, 2.45) is 11.8 Å². The van der Waals surface area contributed by atoms with Crippen molar-refractivity contribution in [1.82, 2.24) is 4.90 Å². The summed E-state index contributed by atoms with van der Waals surface area (Å²) in [5.41, 5.74) is -0.826. The number of hydrogen-bond acceptors (Lipinski definition) is 3. The van der Waals surface area contributed by atoms with Crippen LogP contribution >= 0.6 is 0 Å². The Morgan fingerprint density at radius 1 is 0.923 bits per heavy atom. The highest BCUT2D eigenvalue weighted by Crippen LogP contribution is 2.42. The van der Waals surface area contributed by atoms with E-state index in [4.69, 9.17) is 5.11 Å². The van der Waals surface area contributed by atoms with Gasteiger partial charge in [-0.3, -0.25) is 4.79 Å². The van der Waals surface area contributed by atoms with Crippen LogP contribution in [0.1, 0.15) is 67.2 Å². The van der Waals surface area contributed by atoms with Crippen LogP contribution in [0.2, 0.25) is 0 Å². The largest absolute Gasteiger partial charge is 0.416 e. The summed E-state index contributed by atoms with van der Waals surface area (Å²) in [7, 11) is 2.11. The van der Waals surface area contributed by atoms with Crippen LogP contribution in [0.15, 0.2) is 54.2 Å². The van der Waals surface area contributed by atoms with Gasteiger partial charge in [0.1, 0.15) is 5.82 Å². The summed E-state index contributed by atoms with van der Waals surface area (Å²) in [5, 5.41) is 8.58. The molecule has 0 aliphatic heterocycles. The van der Waals surface area contributed by atoms with E-state index in [-0.39, 0.29) is 17.7 Å². The summed E-state index contributed by atoms with van der Waals surface area (Å²) in [6.45, 7) is 2.46. The summed E-state index contributed by atoms with van der Waals surface area (Å²) < 4.78 is 86.5. The van der Waals surface area contributed by atoms with E-state index in [2.05, 4.69) is 18.9 Å². The van der Waals surface area contributed by atoms with Gasteiger partial charge >= 0.3 is 12.4 Å². The van der Waals surface area contributed by atoms with Crippen LogP contribution < -0.4 is 0 Å². The molecule has 0 bridgehead atoms. The zero-order valence-electron chi connectivity index (χ0n) is 21.7. The molecule has 214 valence electrons. The van der Waals surface area contributed by atoms with Crippen molar-refractivity contribution in [1.29, 1.82) is 0 Å². The number of rotatable bonds is 5. The van der Waals surface area contributed by atoms with Crippen LogP contribution in [0.25, 0.3) is 0 Å². The highest BCUT2D eigenvalue weighted by Gasteiger charge is 2.37. The highest BCUT2D eigenvalue weighted by atomic mass is 19.4. The lowest BCUT2D eigenvalue weighted by atomic mass is 9.70. The van der Waals surface area contributed by atoms with Crippen LogP contribution in [-0.2, 0) is 23.8 Å². The first-order valence-corrected chi connectivity index (χ1v) is 12.8. The normalized spacial score (nSPS) is 21.7. The van der Waals surface area contributed by atoms with Gasteiger partial charge in [-0.2, -0.15) is 26.3 Å². The van der Waals surface area contributed by atoms with Crippen molar-refractivity contribution in [3.63, 3.8) is 0 Å². The molecule has 3 nitrogen and oxygen atoms in total. The van der Waals surface area contributed by atoms with E-state index in [1.165, 1.54) is 30.5 Å². The molecule has 2 unspecified atom stereocenters. The number of aliphatic hydroxyl groups excluding tert-OH is 1. The molecule has 39 heavy (non-hydrogen) atoms. The molecule has 0 radical (unpaired) electrons. The zero-order chi connectivity index (χ0) is 29.0. The third-order valence-electron chi connectivity index (χ3n) is 7.55. The van der Waals surface area contributed by atoms with E-state index in [0.29, 0.717) is 36.3 Å². The van der Waals surface area contributed by atoms with Crippen molar-refractivity contribution in [2.75, 3.05) is 13.6 Å². The Kier molecular flexibility index (Phi) is 9.85. The van der Waals surface area contributed by atoms with Crippen LogP contribution in [-0.4, -0.2) is 29.4 Å². The van der Waals surface area contributed by atoms with Crippen LogP contribution in [0.4, 0.5) is 30.7 Å². The van der Waals surface area contributed by atoms with Gasteiger partial charge in [-0.25, -0.2) is 4.39 Å². The SMILES string of the molecule is CC1C(CN(C)C2=CC(=O)CC2)CCC[C@H]1c1ccc(F)cc1.OCc1cc(C(F)(F)F)cc(C(F)(F)F)c1. The molecule has 2 aromatic carbocycles. The van der Waals surface area contributed by atoms with Crippen LogP contribution in [0.3, 0.4) is 0 Å². The number of carbonyl (C=O) groups is 1. The van der Waals surface area contributed by atoms with Gasteiger partial charge in [-0.05, 0) is 78.5 Å². The summed E-state index contributed by atoms with van der Waals surface area (Å²) >= 11 is 0. The molecule has 4 rings (SSSR count). The van der Waals surface area contributed by atoms with Crippen molar-refractivity contribution < 1.29 is 40.6 Å². The van der Waals surface area contributed by atoms with E-state index in [1.54, 1.807) is 12.1 Å². The van der Waals surface area contributed by atoms with Gasteiger partial charge in [0, 0.05) is 31.8 Å². The fourth-order valence-electron chi connectivity index (χ4n) is 5.35. The summed E-state index contributed by atoms with van der Waals surface area (Å²) in [6.07, 6.45) is -2.72. The van der Waals surface area contributed by atoms with Gasteiger partial charge in [0.15, 0.2) is 5.78 Å². The number of carbonyl (C=O) groups excluding carboxylic acids is 1. The molecule has 2 aliphatic rings. The minimum absolute atomic E-state index is 0.0131. The number of halogens is 7. The van der Waals surface area contributed by atoms with Crippen molar-refractivity contribution in [3.05, 3.63) is 82.3 Å². The smallest absolute Gasteiger partial charge is 0.392 e. The number of alkyl halides is 6. The molecule has 1 fully saturated rings. The number of nitrogens with zero attached hydrogens (tertiary/aromatic N) is 1. The first-order chi connectivity index (χ1) is 18.2. The Bertz CT molecular complexity index is 1120. The van der Waals surface area contributed by atoms with Crippen molar-refractivity contribution in [2.45, 2.75) is 63.9 Å². The molecule has 1 N–H and O–H groups in total. The van der Waals surface area contributed by atoms with Crippen LogP contribution in [0, 0.1) is 17.7 Å². The second-order valence-corrected chi connectivity index (χ2v) is 10.3. The Hall–Kier alpha value is -2.88. The average molecular weight is 560 g/mol. The number of benzene rings is 2. The Morgan fingerprint density at radius 3 is 2.00 bits per heavy atom. The van der Waals surface area contributed by atoms with E-state index in [1.807, 2.05) is 18.2 Å². The van der Waals surface area contributed by atoms with Gasteiger partial charge in [0.25, 0.3) is 0 Å². The molecule has 0 amide bonds. The Balaban J connectivity index is 0.000000231. The fraction of sp³-hybridized carbons (Fsp3) is 0.483. The van der Waals surface area contributed by atoms with Crippen molar-refractivity contribution in [3.8, 4) is 0 Å². The molecule has 2 aromatic rings. The topological polar surface area (TPSA) is 40.5 Å². The highest BCUT2D eigenvalue weighted by molar-refractivity contribution is 5.92. The average Bonchev–Trinajstić information content (AvgIpc) is 3.31. The molecule has 0 aromatic heterocycles. The predicted octanol–water partition coefficient (Wildman–Crippen LogP) is 7.74. The first kappa shape index (κ1) is 30.7. The minimum atomic E-state index is -4.87. The van der Waals surface area contributed by atoms with Crippen LogP contribution in [0.5, 0.6) is 0 Å². The van der Waals surface area contributed by atoms with E-state index >= 15 is 0 Å². The summed E-state index contributed by atoms with van der Waals surface area (Å²) in [4.78, 5) is 13.7. The monoisotopic (exact) mass is 559 g/mol. The third-order valence-corrected chi connectivity index (χ3v) is 7.55. The predicted molar refractivity (Wildman–Crippen MR) is 133 cm³/mol. The molecule has 0 spiro atoms. The van der Waals surface area contributed by atoms with Gasteiger partial charge in [0.2, 0.25) is 0 Å². The quantitative estimate of drug-likeness (QED) is 0.381. The number of ketones is 1. The lowest BCUT2D eigenvalue weighted by Crippen LogP contribution is -2.33. The van der Waals surface area contributed by atoms with Gasteiger partial charge in [0.05, 0.1) is 17.7 Å². The van der Waals surface area contributed by atoms with Gasteiger partial charge in [-0.15, -0.1) is 0 Å². The summed E-state index contributed by atoms with van der Waals surface area (Å²) in [5.74, 6) is 1.82. The Morgan fingerprint density at radius 2 is 1.51 bits per heavy atom. The maximum Gasteiger partial charge on any atom is 0.416 e. The molecular weight excluding hydrogens is 527 g/mol. The van der Waals surface area contributed by atoms with Crippen molar-refractivity contribution >= 4 is 5.78 Å². The number of hydrogen-bond donors (Lipinski definition) is 1. The molecule has 1 saturated carbocycles. The second kappa shape index (κ2) is 12.5. The zero-order valence-corrected chi connectivity index (χ0v) is 21.7. The minimum Gasteiger partial charge on any atom is -0.392 e. The molecular formula is C29H32F7NO2. The molecule has 0 heterocycles. The molecule has 0 saturated heterocycles. The van der Waals surface area contributed by atoms with Gasteiger partial charge < -0.3 is 10.0 Å². The maximum absolute atomic E-state index is 13.2. The van der Waals surface area contributed by atoms with Gasteiger partial charge in [-0.1, -0.05) is 25.5 Å². The Labute approximate surface area is 223 Å². The lowest BCUT2D eigenvalue weighted by molar-refractivity contribution is -0.143. The van der Waals surface area contributed by atoms with E-state index in [9.17, 15) is 35.5 Å². The number of allylic oxidation sites excluding steroid dienone is 2. The molecule has 2 aliphatic carbocycles. The lowest BCUT2D eigenvalue weighted by Gasteiger charge is -2.39. The van der Waals surface area contributed by atoms with E-state index < -0.39 is 35.6 Å². The fourth-order valence-corrected chi connectivity index (χ4v) is 5.35. The second-order valence-electron chi connectivity index (χ2n) is 10.3. The molecule has 10 heteroatoms. The van der Waals surface area contributed by atoms with E-state index in [0.717, 1.165) is 13.0 Å². The molecule has 3 atom stereocenters. The summed E-state index contributed by atoms with van der Waals surface area (Å²) in [6, 6.07) is 8.02. The third kappa shape index (κ3) is 8.30.